The first kappa shape index (κ1) is 59.7. The molecule has 4 N–H and O–H groups in total. The quantitative estimate of drug-likeness (QED) is 0.00998. The lowest BCUT2D eigenvalue weighted by atomic mass is 9.90. The highest BCUT2D eigenvalue weighted by atomic mass is 31.1. The molecule has 1 saturated carbocycles. The largest absolute Gasteiger partial charge is 0.493 e. The number of ketones is 2. The van der Waals surface area contributed by atoms with Crippen LogP contribution in [0.2, 0.25) is 0 Å². The number of nitrogens with zero attached hydrogens (tertiary/aromatic N) is 1. The molecule has 5 aromatic rings. The van der Waals surface area contributed by atoms with Gasteiger partial charge in [-0.3, -0.25) is 24.2 Å². The van der Waals surface area contributed by atoms with E-state index in [1.807, 2.05) is 72.8 Å². The van der Waals surface area contributed by atoms with Gasteiger partial charge in [-0.15, -0.1) is 14.5 Å². The van der Waals surface area contributed by atoms with Crippen LogP contribution in [-0.4, -0.2) is 92.8 Å². The van der Waals surface area contributed by atoms with Crippen LogP contribution in [0.5, 0.6) is 11.5 Å². The number of Topliss-reactive ketones (excluding diaryl/α,β-unsaturated/α-hetero) is 2. The molecule has 1 fully saturated rings. The summed E-state index contributed by atoms with van der Waals surface area (Å²) in [4.78, 5) is 73.9. The van der Waals surface area contributed by atoms with Crippen LogP contribution in [-0.2, 0) is 35.3 Å². The van der Waals surface area contributed by atoms with E-state index in [0.29, 0.717) is 62.6 Å². The highest BCUT2D eigenvalue weighted by Crippen LogP contribution is 2.46. The number of nitrogens with two attached hydrogens (primary N) is 1. The Balaban J connectivity index is 1.24. The summed E-state index contributed by atoms with van der Waals surface area (Å²) < 4.78 is 24.4. The van der Waals surface area contributed by atoms with E-state index in [2.05, 4.69) is 65.9 Å². The van der Waals surface area contributed by atoms with E-state index in [0.717, 1.165) is 56.8 Å². The zero-order chi connectivity index (χ0) is 55.2. The average molecular weight is 1070 g/mol. The molecule has 2 amide bonds. The summed E-state index contributed by atoms with van der Waals surface area (Å²) in [6, 6.07) is 32.6. The van der Waals surface area contributed by atoms with Gasteiger partial charge in [0.2, 0.25) is 5.91 Å². The number of carbonyl (C=O) groups excluding carboxylic acids is 5. The normalized spacial score (nSPS) is 14.3. The maximum atomic E-state index is 14.7. The van der Waals surface area contributed by atoms with Crippen molar-refractivity contribution in [1.29, 1.82) is 0 Å². The third kappa shape index (κ3) is 19.4. The number of amides is 2. The molecule has 0 saturated heterocycles. The summed E-state index contributed by atoms with van der Waals surface area (Å²) in [5.74, 6) is -1.10. The minimum atomic E-state index is -0.999. The Morgan fingerprint density at radius 3 is 2.04 bits per heavy atom. The predicted molar refractivity (Wildman–Crippen MR) is 311 cm³/mol. The lowest BCUT2D eigenvalue weighted by molar-refractivity contribution is -0.151. The molecule has 0 aliphatic heterocycles. The number of amidine groups is 1. The van der Waals surface area contributed by atoms with Crippen LogP contribution >= 0.6 is 7.92 Å². The number of hydrogen-bond acceptors (Lipinski definition) is 10. The second-order valence-electron chi connectivity index (χ2n) is 21.6. The van der Waals surface area contributed by atoms with E-state index < -0.39 is 41.4 Å². The van der Waals surface area contributed by atoms with Crippen LogP contribution in [0, 0.1) is 17.8 Å². The monoisotopic (exact) mass is 1070 g/mol. The molecule has 1 aliphatic rings. The number of hydrogen-bond donors (Lipinski definition) is 3. The van der Waals surface area contributed by atoms with Gasteiger partial charge in [-0.2, -0.15) is 0 Å². The van der Waals surface area contributed by atoms with Crippen LogP contribution in [0.1, 0.15) is 110 Å². The van der Waals surface area contributed by atoms with E-state index in [1.165, 1.54) is 19.3 Å². The van der Waals surface area contributed by atoms with Crippen molar-refractivity contribution in [3.63, 3.8) is 0 Å². The van der Waals surface area contributed by atoms with Gasteiger partial charge in [0.1, 0.15) is 30.3 Å². The fourth-order valence-corrected chi connectivity index (χ4v) is 10.6. The zero-order valence-electron chi connectivity index (χ0n) is 46.0. The topological polar surface area (TPSA) is 185 Å². The minimum absolute atomic E-state index is 0.0483. The number of benzene rings is 5. The van der Waals surface area contributed by atoms with E-state index in [1.54, 1.807) is 26.8 Å². The van der Waals surface area contributed by atoms with E-state index in [9.17, 15) is 24.0 Å². The lowest BCUT2D eigenvalue weighted by Crippen LogP contribution is -2.45. The number of nitrogens with one attached hydrogen (secondary N) is 2. The lowest BCUT2D eigenvalue weighted by Gasteiger charge is -2.24. The van der Waals surface area contributed by atoms with Gasteiger partial charge in [-0.05, 0) is 124 Å². The third-order valence-electron chi connectivity index (χ3n) is 13.7. The van der Waals surface area contributed by atoms with Crippen LogP contribution in [0.25, 0.3) is 32.7 Å². The SMILES string of the molecule is C=CC[C@H](CC(=O)[C@@H](CCCN=C(N)CP(C)C)NC(=O)[C@@H](CCCCNC(=O)OC(C)(C)C)CC(=O)COc1ccc2ccccc2c1-c1c(OCC2CCCCC2)ccc2ccccc12)C(=O)OCc1ccccc1. The van der Waals surface area contributed by atoms with Crippen molar-refractivity contribution in [3.05, 3.63) is 121 Å². The summed E-state index contributed by atoms with van der Waals surface area (Å²) in [5.41, 5.74) is 8.06. The van der Waals surface area contributed by atoms with Crippen molar-refractivity contribution in [2.24, 2.45) is 28.5 Å². The molecule has 0 bridgehead atoms. The summed E-state index contributed by atoms with van der Waals surface area (Å²) in [6.07, 6.45) is 9.38. The summed E-state index contributed by atoms with van der Waals surface area (Å²) >= 11 is 0. The third-order valence-corrected chi connectivity index (χ3v) is 14.7. The standard InChI is InChI=1S/C63H81N4O9P/c1-7-21-49(61(71)75-41-45-24-12-9-13-25-45)39-54(69)53(31-20-37-65-57(64)43-77(5)6)67-60(70)48(28-18-19-36-66-62(72)76-63(2,3)4)38-50(68)42-74-56-35-33-47-27-15-17-30-52(47)59(56)58-51-29-16-14-26-46(51)32-34-55(58)73-40-44-22-10-8-11-23-44/h7,9,12-17,24-27,29-30,32-35,44,48-49,53H,1,8,10-11,18-23,28,31,36-43H2,2-6H3,(H2,64,65)(H,66,72)(H,67,70)/t48-,49+,53+/m0/s1. The van der Waals surface area contributed by atoms with Gasteiger partial charge >= 0.3 is 12.1 Å². The highest BCUT2D eigenvalue weighted by molar-refractivity contribution is 7.57. The minimum Gasteiger partial charge on any atom is -0.493 e. The molecular weight excluding hydrogens is 988 g/mol. The van der Waals surface area contributed by atoms with Gasteiger partial charge < -0.3 is 35.3 Å². The Kier molecular flexibility index (Phi) is 23.5. The molecule has 0 unspecified atom stereocenters. The van der Waals surface area contributed by atoms with Gasteiger partial charge in [0, 0.05) is 49.1 Å². The molecule has 77 heavy (non-hydrogen) atoms. The number of carbonyl (C=O) groups is 5. The van der Waals surface area contributed by atoms with E-state index >= 15 is 0 Å². The number of aliphatic imine (C=N–C) groups is 1. The number of allylic oxidation sites excluding steroid dienone is 1. The van der Waals surface area contributed by atoms with Gasteiger partial charge in [0.25, 0.3) is 0 Å². The molecule has 1 aliphatic carbocycles. The van der Waals surface area contributed by atoms with Gasteiger partial charge in [0.15, 0.2) is 11.6 Å². The van der Waals surface area contributed by atoms with E-state index in [-0.39, 0.29) is 64.8 Å². The average Bonchev–Trinajstić information content (AvgIpc) is 3.43. The molecule has 14 heteroatoms. The van der Waals surface area contributed by atoms with Gasteiger partial charge in [-0.25, -0.2) is 4.79 Å². The number of esters is 1. The number of rotatable bonds is 30. The summed E-state index contributed by atoms with van der Waals surface area (Å²) in [5, 5.41) is 9.77. The Bertz CT molecular complexity index is 2780. The maximum absolute atomic E-state index is 14.7. The molecule has 412 valence electrons. The second-order valence-corrected chi connectivity index (χ2v) is 24.1. The molecule has 0 radical (unpaired) electrons. The molecule has 0 aromatic heterocycles. The fourth-order valence-electron chi connectivity index (χ4n) is 9.85. The van der Waals surface area contributed by atoms with Crippen molar-refractivity contribution in [2.45, 2.75) is 122 Å². The Morgan fingerprint density at radius 1 is 0.766 bits per heavy atom. The summed E-state index contributed by atoms with van der Waals surface area (Å²) in [6.45, 7) is 14.4. The van der Waals surface area contributed by atoms with Crippen LogP contribution in [0.3, 0.4) is 0 Å². The maximum Gasteiger partial charge on any atom is 0.407 e. The van der Waals surface area contributed by atoms with Gasteiger partial charge in [-0.1, -0.05) is 123 Å². The Labute approximate surface area is 457 Å². The number of ether oxygens (including phenoxy) is 4. The zero-order valence-corrected chi connectivity index (χ0v) is 46.9. The Morgan fingerprint density at radius 2 is 1.40 bits per heavy atom. The molecule has 5 aromatic carbocycles. The molecule has 6 rings (SSSR count). The van der Waals surface area contributed by atoms with Crippen molar-refractivity contribution in [2.75, 3.05) is 45.8 Å². The molecule has 13 nitrogen and oxygen atoms in total. The fraction of sp³-hybridized carbons (Fsp3) is 0.460. The molecule has 0 heterocycles. The highest BCUT2D eigenvalue weighted by Gasteiger charge is 2.31. The van der Waals surface area contributed by atoms with Crippen molar-refractivity contribution >= 4 is 64.8 Å². The Hall–Kier alpha value is -6.59. The molecule has 0 spiro atoms. The predicted octanol–water partition coefficient (Wildman–Crippen LogP) is 12.5. The van der Waals surface area contributed by atoms with Crippen molar-refractivity contribution < 1.29 is 42.9 Å². The second kappa shape index (κ2) is 30.4. The molecule has 3 atom stereocenters. The van der Waals surface area contributed by atoms with E-state index in [4.69, 9.17) is 24.7 Å². The molecular formula is C63H81N4O9P. The van der Waals surface area contributed by atoms with Crippen molar-refractivity contribution in [3.8, 4) is 22.6 Å². The smallest absolute Gasteiger partial charge is 0.407 e. The summed E-state index contributed by atoms with van der Waals surface area (Å²) in [7, 11) is -0.301. The number of alkyl carbamates (subject to hydrolysis) is 1. The number of unbranched alkanes of at least 4 members (excludes halogenated alkanes) is 1. The first-order chi connectivity index (χ1) is 37.1. The van der Waals surface area contributed by atoms with Crippen LogP contribution in [0.15, 0.2) is 121 Å². The van der Waals surface area contributed by atoms with Gasteiger partial charge in [0.05, 0.1) is 24.4 Å². The van der Waals surface area contributed by atoms with Crippen LogP contribution < -0.4 is 25.8 Å². The first-order valence-electron chi connectivity index (χ1n) is 27.4. The number of fused-ring (bicyclic) bond motifs is 2. The first-order valence-corrected chi connectivity index (χ1v) is 29.9. The van der Waals surface area contributed by atoms with Crippen molar-refractivity contribution in [1.82, 2.24) is 10.6 Å². The van der Waals surface area contributed by atoms with Crippen LogP contribution in [0.4, 0.5) is 4.79 Å².